The minimum atomic E-state index is 0.351. The summed E-state index contributed by atoms with van der Waals surface area (Å²) < 4.78 is 0. The summed E-state index contributed by atoms with van der Waals surface area (Å²) in [4.78, 5) is 0. The fourth-order valence-corrected chi connectivity index (χ4v) is 1.63. The third kappa shape index (κ3) is 2.02. The number of halogens is 1. The highest BCUT2D eigenvalue weighted by Crippen LogP contribution is 2.27. The van der Waals surface area contributed by atoms with Crippen molar-refractivity contribution in [2.45, 2.75) is 38.5 Å². The Hall–Kier alpha value is 0.0300. The van der Waals surface area contributed by atoms with Crippen LogP contribution in [-0.4, -0.2) is 5.38 Å². The first kappa shape index (κ1) is 8.13. The Morgan fingerprint density at radius 2 is 2.40 bits per heavy atom. The Kier molecular flexibility index (Phi) is 2.79. The van der Waals surface area contributed by atoms with Gasteiger partial charge in [0.05, 0.1) is 0 Å². The van der Waals surface area contributed by atoms with Gasteiger partial charge in [-0.1, -0.05) is 11.6 Å². The van der Waals surface area contributed by atoms with Crippen molar-refractivity contribution in [1.29, 1.82) is 0 Å². The highest BCUT2D eigenvalue weighted by molar-refractivity contribution is 6.20. The summed E-state index contributed by atoms with van der Waals surface area (Å²) in [7, 11) is 0. The molecule has 0 amide bonds. The number of hydrogen-bond donors (Lipinski definition) is 0. The van der Waals surface area contributed by atoms with E-state index >= 15 is 0 Å². The maximum Gasteiger partial charge on any atom is 0.0339 e. The summed E-state index contributed by atoms with van der Waals surface area (Å²) in [5.41, 5.74) is 1.54. The van der Waals surface area contributed by atoms with Crippen molar-refractivity contribution in [3.8, 4) is 0 Å². The zero-order chi connectivity index (χ0) is 7.56. The van der Waals surface area contributed by atoms with Crippen molar-refractivity contribution in [2.24, 2.45) is 5.92 Å². The molecule has 0 fully saturated rings. The number of hydrogen-bond acceptors (Lipinski definition) is 0. The van der Waals surface area contributed by atoms with Crippen molar-refractivity contribution in [3.63, 3.8) is 0 Å². The first-order chi connectivity index (χ1) is 4.70. The summed E-state index contributed by atoms with van der Waals surface area (Å²) in [6.45, 7) is 4.30. The second-order valence-corrected chi connectivity index (χ2v) is 3.95. The van der Waals surface area contributed by atoms with E-state index in [1.165, 1.54) is 24.8 Å². The van der Waals surface area contributed by atoms with Gasteiger partial charge in [0.25, 0.3) is 0 Å². The van der Waals surface area contributed by atoms with Crippen LogP contribution in [0.2, 0.25) is 0 Å². The Morgan fingerprint density at radius 1 is 1.70 bits per heavy atom. The number of rotatable bonds is 1. The van der Waals surface area contributed by atoms with Crippen molar-refractivity contribution >= 4 is 11.6 Å². The molecule has 0 N–H and O–H groups in total. The van der Waals surface area contributed by atoms with Crippen molar-refractivity contribution < 1.29 is 0 Å². The number of allylic oxidation sites excluding steroid dienone is 2. The summed E-state index contributed by atoms with van der Waals surface area (Å²) in [5.74, 6) is 0.727. The molecule has 1 aliphatic rings. The second-order valence-electron chi connectivity index (χ2n) is 3.26. The van der Waals surface area contributed by atoms with Crippen LogP contribution in [0.15, 0.2) is 11.6 Å². The maximum atomic E-state index is 5.98. The van der Waals surface area contributed by atoms with Gasteiger partial charge >= 0.3 is 0 Å². The van der Waals surface area contributed by atoms with Gasteiger partial charge in [-0.05, 0) is 39.0 Å². The second kappa shape index (κ2) is 3.43. The lowest BCUT2D eigenvalue weighted by Crippen LogP contribution is -2.13. The molecule has 0 heterocycles. The fourth-order valence-electron chi connectivity index (χ4n) is 1.40. The van der Waals surface area contributed by atoms with E-state index in [0.29, 0.717) is 5.38 Å². The molecule has 0 bridgehead atoms. The van der Waals surface area contributed by atoms with Crippen molar-refractivity contribution in [2.75, 3.05) is 0 Å². The van der Waals surface area contributed by atoms with Gasteiger partial charge in [-0.25, -0.2) is 0 Å². The molecule has 0 nitrogen and oxygen atoms in total. The van der Waals surface area contributed by atoms with Crippen molar-refractivity contribution in [1.82, 2.24) is 0 Å². The zero-order valence-electron chi connectivity index (χ0n) is 6.73. The average molecular weight is 159 g/mol. The molecule has 0 spiro atoms. The summed E-state index contributed by atoms with van der Waals surface area (Å²) >= 11 is 5.98. The molecular weight excluding hydrogens is 144 g/mol. The van der Waals surface area contributed by atoms with Gasteiger partial charge in [0.1, 0.15) is 0 Å². The Morgan fingerprint density at radius 3 is 2.80 bits per heavy atom. The van der Waals surface area contributed by atoms with E-state index in [0.717, 1.165) is 5.92 Å². The molecule has 1 rings (SSSR count). The van der Waals surface area contributed by atoms with E-state index < -0.39 is 0 Å². The van der Waals surface area contributed by atoms with E-state index in [2.05, 4.69) is 19.9 Å². The molecular formula is C9H15Cl. The molecule has 0 saturated carbocycles. The number of alkyl halides is 1. The maximum absolute atomic E-state index is 5.98. The third-order valence-corrected chi connectivity index (χ3v) is 2.68. The molecule has 0 aliphatic heterocycles. The molecule has 0 saturated heterocycles. The van der Waals surface area contributed by atoms with Gasteiger partial charge in [0.15, 0.2) is 0 Å². The SMILES string of the molecule is CC1=CCC(C(C)Cl)CC1. The molecule has 0 aromatic rings. The van der Waals surface area contributed by atoms with Crippen LogP contribution in [0.4, 0.5) is 0 Å². The summed E-state index contributed by atoms with van der Waals surface area (Å²) in [6, 6.07) is 0. The van der Waals surface area contributed by atoms with Gasteiger partial charge in [-0.15, -0.1) is 11.6 Å². The van der Waals surface area contributed by atoms with Crippen molar-refractivity contribution in [3.05, 3.63) is 11.6 Å². The highest BCUT2D eigenvalue weighted by Gasteiger charge is 2.16. The molecule has 2 atom stereocenters. The van der Waals surface area contributed by atoms with Crippen LogP contribution in [0, 0.1) is 5.92 Å². The van der Waals surface area contributed by atoms with Crippen LogP contribution in [-0.2, 0) is 0 Å². The first-order valence-electron chi connectivity index (χ1n) is 4.00. The van der Waals surface area contributed by atoms with E-state index in [-0.39, 0.29) is 0 Å². The molecule has 0 aromatic carbocycles. The Labute approximate surface area is 68.3 Å². The van der Waals surface area contributed by atoms with E-state index in [9.17, 15) is 0 Å². The van der Waals surface area contributed by atoms with E-state index in [1.807, 2.05) is 0 Å². The summed E-state index contributed by atoms with van der Waals surface area (Å²) in [6.07, 6.45) is 6.05. The predicted molar refractivity (Wildman–Crippen MR) is 46.4 cm³/mol. The predicted octanol–water partition coefficient (Wildman–Crippen LogP) is 3.36. The van der Waals surface area contributed by atoms with Gasteiger partial charge in [-0.3, -0.25) is 0 Å². The fraction of sp³-hybridized carbons (Fsp3) is 0.778. The standard InChI is InChI=1S/C9H15Cl/c1-7-3-5-9(6-4-7)8(2)10/h3,8-9H,4-6H2,1-2H3. The third-order valence-electron chi connectivity index (χ3n) is 2.33. The smallest absolute Gasteiger partial charge is 0.0339 e. The van der Waals surface area contributed by atoms with Crippen LogP contribution in [0.1, 0.15) is 33.1 Å². The normalized spacial score (nSPS) is 29.5. The van der Waals surface area contributed by atoms with Crippen LogP contribution in [0.5, 0.6) is 0 Å². The quantitative estimate of drug-likeness (QED) is 0.406. The lowest BCUT2D eigenvalue weighted by molar-refractivity contribution is 0.462. The van der Waals surface area contributed by atoms with E-state index in [1.54, 1.807) is 0 Å². The van der Waals surface area contributed by atoms with E-state index in [4.69, 9.17) is 11.6 Å². The molecule has 1 aliphatic carbocycles. The highest BCUT2D eigenvalue weighted by atomic mass is 35.5. The van der Waals surface area contributed by atoms with Gasteiger partial charge < -0.3 is 0 Å². The lowest BCUT2D eigenvalue weighted by atomic mass is 9.88. The Balaban J connectivity index is 2.42. The minimum absolute atomic E-state index is 0.351. The lowest BCUT2D eigenvalue weighted by Gasteiger charge is -2.21. The van der Waals surface area contributed by atoms with Crippen LogP contribution in [0.3, 0.4) is 0 Å². The largest absolute Gasteiger partial charge is 0.123 e. The van der Waals surface area contributed by atoms with Crippen LogP contribution < -0.4 is 0 Å². The molecule has 2 unspecified atom stereocenters. The Bertz CT molecular complexity index is 136. The molecule has 0 aromatic heterocycles. The first-order valence-corrected chi connectivity index (χ1v) is 4.43. The van der Waals surface area contributed by atoms with Crippen LogP contribution >= 0.6 is 11.6 Å². The zero-order valence-corrected chi connectivity index (χ0v) is 7.49. The topological polar surface area (TPSA) is 0 Å². The van der Waals surface area contributed by atoms with Gasteiger partial charge in [0, 0.05) is 5.38 Å². The minimum Gasteiger partial charge on any atom is -0.123 e. The van der Waals surface area contributed by atoms with Gasteiger partial charge in [0.2, 0.25) is 0 Å². The average Bonchev–Trinajstić information content (AvgIpc) is 1.88. The summed E-state index contributed by atoms with van der Waals surface area (Å²) in [5, 5.41) is 0.351. The van der Waals surface area contributed by atoms with Gasteiger partial charge in [-0.2, -0.15) is 0 Å². The molecule has 1 heteroatoms. The monoisotopic (exact) mass is 158 g/mol. The molecule has 58 valence electrons. The molecule has 10 heavy (non-hydrogen) atoms. The molecule has 0 radical (unpaired) electrons. The van der Waals surface area contributed by atoms with Crippen LogP contribution in [0.25, 0.3) is 0 Å².